The number of methoxy groups -OCH3 is 1. The van der Waals surface area contributed by atoms with Crippen LogP contribution in [-0.4, -0.2) is 25.5 Å². The van der Waals surface area contributed by atoms with E-state index >= 15 is 0 Å². The zero-order valence-corrected chi connectivity index (χ0v) is 13.8. The number of hydrazine groups is 1. The van der Waals surface area contributed by atoms with E-state index in [9.17, 15) is 9.59 Å². The lowest BCUT2D eigenvalue weighted by Gasteiger charge is -2.11. The predicted molar refractivity (Wildman–Crippen MR) is 90.2 cm³/mol. The van der Waals surface area contributed by atoms with Crippen LogP contribution >= 0.6 is 11.6 Å². The van der Waals surface area contributed by atoms with Crippen molar-refractivity contribution in [1.82, 2.24) is 10.9 Å². The van der Waals surface area contributed by atoms with Crippen molar-refractivity contribution in [1.29, 1.82) is 0 Å². The van der Waals surface area contributed by atoms with Gasteiger partial charge in [0.2, 0.25) is 5.91 Å². The number of nitrogens with one attached hydrogen (secondary N) is 2. The Labute approximate surface area is 144 Å². The second kappa shape index (κ2) is 8.79. The molecular weight excluding hydrogens is 332 g/mol. The normalized spacial score (nSPS) is 9.92. The van der Waals surface area contributed by atoms with Crippen LogP contribution in [0.25, 0.3) is 0 Å². The van der Waals surface area contributed by atoms with Gasteiger partial charge in [0.1, 0.15) is 11.5 Å². The molecule has 7 heteroatoms. The summed E-state index contributed by atoms with van der Waals surface area (Å²) in [5.74, 6) is 0.142. The molecule has 24 heavy (non-hydrogen) atoms. The lowest BCUT2D eigenvalue weighted by atomic mass is 10.2. The van der Waals surface area contributed by atoms with Crippen LogP contribution in [0.4, 0.5) is 0 Å². The minimum Gasteiger partial charge on any atom is -0.496 e. The molecule has 2 amide bonds. The van der Waals surface area contributed by atoms with Crippen LogP contribution < -0.4 is 20.3 Å². The Balaban J connectivity index is 1.79. The van der Waals surface area contributed by atoms with E-state index in [1.54, 1.807) is 24.3 Å². The highest BCUT2D eigenvalue weighted by Gasteiger charge is 2.13. The largest absolute Gasteiger partial charge is 0.496 e. The Morgan fingerprint density at radius 3 is 2.54 bits per heavy atom. The first-order valence-electron chi connectivity index (χ1n) is 7.20. The number of carbonyl (C=O) groups excluding carboxylic acids is 2. The van der Waals surface area contributed by atoms with Crippen molar-refractivity contribution in [3.05, 3.63) is 59.1 Å². The second-order valence-corrected chi connectivity index (χ2v) is 5.19. The Morgan fingerprint density at radius 1 is 1.08 bits per heavy atom. The van der Waals surface area contributed by atoms with Gasteiger partial charge in [0.15, 0.2) is 0 Å². The maximum absolute atomic E-state index is 12.1. The number of ether oxygens (including phenoxy) is 2. The SMILES string of the molecule is COc1ccc(Cl)cc1C(=O)NNC(=O)CCOc1ccccc1. The minimum atomic E-state index is -0.522. The van der Waals surface area contributed by atoms with Gasteiger partial charge in [-0.3, -0.25) is 20.4 Å². The number of halogens is 1. The number of benzene rings is 2. The van der Waals surface area contributed by atoms with E-state index in [-0.39, 0.29) is 24.5 Å². The van der Waals surface area contributed by atoms with E-state index in [0.29, 0.717) is 16.5 Å². The molecule has 6 nitrogen and oxygen atoms in total. The standard InChI is InChI=1S/C17H17ClN2O4/c1-23-15-8-7-12(18)11-14(15)17(22)20-19-16(21)9-10-24-13-5-3-2-4-6-13/h2-8,11H,9-10H2,1H3,(H,19,21)(H,20,22). The molecule has 0 bridgehead atoms. The van der Waals surface area contributed by atoms with E-state index in [4.69, 9.17) is 21.1 Å². The summed E-state index contributed by atoms with van der Waals surface area (Å²) in [4.78, 5) is 23.8. The Morgan fingerprint density at radius 2 is 1.83 bits per heavy atom. The Kier molecular flexibility index (Phi) is 6.45. The number of amides is 2. The van der Waals surface area contributed by atoms with Gasteiger partial charge < -0.3 is 9.47 Å². The molecule has 0 aliphatic carbocycles. The van der Waals surface area contributed by atoms with Crippen molar-refractivity contribution in [2.24, 2.45) is 0 Å². The first-order chi connectivity index (χ1) is 11.6. The molecule has 0 fully saturated rings. The molecular formula is C17H17ClN2O4. The molecule has 2 aromatic rings. The third-order valence-corrected chi connectivity index (χ3v) is 3.30. The van der Waals surface area contributed by atoms with E-state index in [2.05, 4.69) is 10.9 Å². The third-order valence-electron chi connectivity index (χ3n) is 3.06. The summed E-state index contributed by atoms with van der Waals surface area (Å²) in [6, 6.07) is 13.8. The van der Waals surface area contributed by atoms with Crippen molar-refractivity contribution < 1.29 is 19.1 Å². The van der Waals surface area contributed by atoms with Crippen molar-refractivity contribution in [3.8, 4) is 11.5 Å². The number of para-hydroxylation sites is 1. The summed E-state index contributed by atoms with van der Waals surface area (Å²) in [6.07, 6.45) is 0.0991. The van der Waals surface area contributed by atoms with Gasteiger partial charge in [-0.05, 0) is 30.3 Å². The summed E-state index contributed by atoms with van der Waals surface area (Å²) in [5.41, 5.74) is 4.87. The lowest BCUT2D eigenvalue weighted by Crippen LogP contribution is -2.42. The molecule has 0 aliphatic rings. The van der Waals surface area contributed by atoms with Crippen LogP contribution in [-0.2, 0) is 4.79 Å². The monoisotopic (exact) mass is 348 g/mol. The van der Waals surface area contributed by atoms with Gasteiger partial charge in [0.05, 0.1) is 25.7 Å². The van der Waals surface area contributed by atoms with Crippen LogP contribution in [0.2, 0.25) is 5.02 Å². The van der Waals surface area contributed by atoms with Crippen molar-refractivity contribution >= 4 is 23.4 Å². The summed E-state index contributed by atoms with van der Waals surface area (Å²) in [7, 11) is 1.44. The molecule has 2 aromatic carbocycles. The van der Waals surface area contributed by atoms with Crippen LogP contribution in [0, 0.1) is 0 Å². The molecule has 2 N–H and O–H groups in total. The molecule has 0 radical (unpaired) electrons. The molecule has 2 rings (SSSR count). The fraction of sp³-hybridized carbons (Fsp3) is 0.176. The zero-order chi connectivity index (χ0) is 17.4. The maximum Gasteiger partial charge on any atom is 0.273 e. The fourth-order valence-corrected chi connectivity index (χ4v) is 2.06. The van der Waals surface area contributed by atoms with Crippen molar-refractivity contribution in [2.45, 2.75) is 6.42 Å². The molecule has 0 atom stereocenters. The maximum atomic E-state index is 12.1. The minimum absolute atomic E-state index is 0.0991. The highest BCUT2D eigenvalue weighted by Crippen LogP contribution is 2.22. The van der Waals surface area contributed by atoms with Gasteiger partial charge in [-0.15, -0.1) is 0 Å². The summed E-state index contributed by atoms with van der Waals surface area (Å²) >= 11 is 5.87. The highest BCUT2D eigenvalue weighted by atomic mass is 35.5. The van der Waals surface area contributed by atoms with E-state index < -0.39 is 5.91 Å². The van der Waals surface area contributed by atoms with Gasteiger partial charge in [-0.25, -0.2) is 0 Å². The van der Waals surface area contributed by atoms with Gasteiger partial charge in [-0.2, -0.15) is 0 Å². The smallest absolute Gasteiger partial charge is 0.273 e. The summed E-state index contributed by atoms with van der Waals surface area (Å²) in [6.45, 7) is 0.201. The second-order valence-electron chi connectivity index (χ2n) is 4.76. The molecule has 0 spiro atoms. The topological polar surface area (TPSA) is 76.7 Å². The van der Waals surface area contributed by atoms with Crippen LogP contribution in [0.15, 0.2) is 48.5 Å². The molecule has 0 heterocycles. The quantitative estimate of drug-likeness (QED) is 0.787. The Bertz CT molecular complexity index is 707. The summed E-state index contributed by atoms with van der Waals surface area (Å²) in [5, 5.41) is 0.392. The third kappa shape index (κ3) is 5.17. The molecule has 0 unspecified atom stereocenters. The molecule has 0 aliphatic heterocycles. The lowest BCUT2D eigenvalue weighted by molar-refractivity contribution is -0.122. The number of hydrogen-bond donors (Lipinski definition) is 2. The van der Waals surface area contributed by atoms with Crippen molar-refractivity contribution in [3.63, 3.8) is 0 Å². The summed E-state index contributed by atoms with van der Waals surface area (Å²) < 4.78 is 10.5. The van der Waals surface area contributed by atoms with Crippen LogP contribution in [0.5, 0.6) is 11.5 Å². The molecule has 0 saturated carbocycles. The average molecular weight is 349 g/mol. The molecule has 126 valence electrons. The highest BCUT2D eigenvalue weighted by molar-refractivity contribution is 6.31. The fourth-order valence-electron chi connectivity index (χ4n) is 1.89. The van der Waals surface area contributed by atoms with E-state index in [0.717, 1.165) is 0 Å². The van der Waals surface area contributed by atoms with E-state index in [1.807, 2.05) is 18.2 Å². The molecule has 0 saturated heterocycles. The van der Waals surface area contributed by atoms with E-state index in [1.165, 1.54) is 13.2 Å². The number of carbonyl (C=O) groups is 2. The van der Waals surface area contributed by atoms with Gasteiger partial charge in [0, 0.05) is 5.02 Å². The van der Waals surface area contributed by atoms with Crippen LogP contribution in [0.1, 0.15) is 16.8 Å². The predicted octanol–water partition coefficient (Wildman–Crippen LogP) is 2.58. The van der Waals surface area contributed by atoms with Gasteiger partial charge in [-0.1, -0.05) is 29.8 Å². The van der Waals surface area contributed by atoms with Crippen LogP contribution in [0.3, 0.4) is 0 Å². The van der Waals surface area contributed by atoms with Gasteiger partial charge in [0.25, 0.3) is 5.91 Å². The van der Waals surface area contributed by atoms with Crippen molar-refractivity contribution in [2.75, 3.05) is 13.7 Å². The first kappa shape index (κ1) is 17.6. The first-order valence-corrected chi connectivity index (χ1v) is 7.58. The number of hydrogen-bond acceptors (Lipinski definition) is 4. The number of rotatable bonds is 6. The zero-order valence-electron chi connectivity index (χ0n) is 13.0. The van der Waals surface area contributed by atoms with Gasteiger partial charge >= 0.3 is 0 Å². The molecule has 0 aromatic heterocycles. The average Bonchev–Trinajstić information content (AvgIpc) is 2.60. The Hall–Kier alpha value is -2.73.